The summed E-state index contributed by atoms with van der Waals surface area (Å²) in [6, 6.07) is 8.62. The lowest BCUT2D eigenvalue weighted by molar-refractivity contribution is -0.135. The van der Waals surface area contributed by atoms with Crippen LogP contribution in [0.4, 0.5) is 0 Å². The molecule has 1 aromatic heterocycles. The van der Waals surface area contributed by atoms with Crippen LogP contribution in [0.5, 0.6) is 0 Å². The summed E-state index contributed by atoms with van der Waals surface area (Å²) < 4.78 is 29.5. The van der Waals surface area contributed by atoms with E-state index in [1.54, 1.807) is 36.5 Å². The standard InChI is InChI=1S/C17H19N3O5S/c1-26(23,24)20-10-8-19(9-11-20)16(21)12-25-17(22)14-4-2-6-15-13(14)5-3-7-18-15/h2-7H,8-12H2,1H3. The minimum absolute atomic E-state index is 0.244. The van der Waals surface area contributed by atoms with Crippen molar-refractivity contribution in [2.45, 2.75) is 0 Å². The normalized spacial score (nSPS) is 15.8. The number of hydrogen-bond acceptors (Lipinski definition) is 6. The first-order valence-electron chi connectivity index (χ1n) is 8.10. The lowest BCUT2D eigenvalue weighted by atomic mass is 10.1. The molecule has 1 fully saturated rings. The molecule has 0 unspecified atom stereocenters. The molecule has 1 aliphatic rings. The molecule has 3 rings (SSSR count). The van der Waals surface area contributed by atoms with Crippen LogP contribution in [-0.2, 0) is 19.6 Å². The number of ether oxygens (including phenoxy) is 1. The van der Waals surface area contributed by atoms with E-state index in [9.17, 15) is 18.0 Å². The smallest absolute Gasteiger partial charge is 0.339 e. The monoisotopic (exact) mass is 377 g/mol. The molecule has 138 valence electrons. The fourth-order valence-electron chi connectivity index (χ4n) is 2.85. The number of esters is 1. The van der Waals surface area contributed by atoms with Gasteiger partial charge < -0.3 is 9.64 Å². The van der Waals surface area contributed by atoms with Gasteiger partial charge in [-0.15, -0.1) is 0 Å². The first kappa shape index (κ1) is 18.3. The Bertz CT molecular complexity index is 931. The molecule has 0 N–H and O–H groups in total. The highest BCUT2D eigenvalue weighted by Crippen LogP contribution is 2.17. The second kappa shape index (κ2) is 7.38. The summed E-state index contributed by atoms with van der Waals surface area (Å²) in [6.45, 7) is 0.665. The minimum Gasteiger partial charge on any atom is -0.452 e. The molecule has 1 aliphatic heterocycles. The maximum absolute atomic E-state index is 12.3. The second-order valence-electron chi connectivity index (χ2n) is 5.99. The SMILES string of the molecule is CS(=O)(=O)N1CCN(C(=O)COC(=O)c2cccc3ncccc23)CC1. The number of benzene rings is 1. The molecular weight excluding hydrogens is 358 g/mol. The first-order chi connectivity index (χ1) is 12.4. The molecule has 1 aromatic carbocycles. The van der Waals surface area contributed by atoms with E-state index in [1.807, 2.05) is 0 Å². The van der Waals surface area contributed by atoms with Crippen LogP contribution in [0.25, 0.3) is 10.9 Å². The molecule has 1 amide bonds. The third kappa shape index (κ3) is 4.00. The molecule has 2 heterocycles. The van der Waals surface area contributed by atoms with Gasteiger partial charge in [0.1, 0.15) is 0 Å². The van der Waals surface area contributed by atoms with Crippen molar-refractivity contribution >= 4 is 32.8 Å². The summed E-state index contributed by atoms with van der Waals surface area (Å²) in [6.07, 6.45) is 2.78. The lowest BCUT2D eigenvalue weighted by Crippen LogP contribution is -2.51. The molecule has 0 radical (unpaired) electrons. The zero-order valence-electron chi connectivity index (χ0n) is 14.3. The molecule has 8 nitrogen and oxygen atoms in total. The number of carbonyl (C=O) groups is 2. The van der Waals surface area contributed by atoms with Gasteiger partial charge in [0.05, 0.1) is 17.3 Å². The highest BCUT2D eigenvalue weighted by Gasteiger charge is 2.26. The molecule has 0 bridgehead atoms. The van der Waals surface area contributed by atoms with Crippen LogP contribution < -0.4 is 0 Å². The molecular formula is C17H19N3O5S. The van der Waals surface area contributed by atoms with Crippen molar-refractivity contribution in [3.05, 3.63) is 42.1 Å². The van der Waals surface area contributed by atoms with Crippen molar-refractivity contribution in [1.29, 1.82) is 0 Å². The van der Waals surface area contributed by atoms with Crippen molar-refractivity contribution in [2.75, 3.05) is 39.0 Å². The second-order valence-corrected chi connectivity index (χ2v) is 7.98. The molecule has 0 saturated carbocycles. The number of hydrogen-bond donors (Lipinski definition) is 0. The van der Waals surface area contributed by atoms with Crippen molar-refractivity contribution in [2.24, 2.45) is 0 Å². The third-order valence-electron chi connectivity index (χ3n) is 4.25. The van der Waals surface area contributed by atoms with E-state index >= 15 is 0 Å². The topological polar surface area (TPSA) is 96.9 Å². The highest BCUT2D eigenvalue weighted by molar-refractivity contribution is 7.88. The van der Waals surface area contributed by atoms with Crippen LogP contribution >= 0.6 is 0 Å². The van der Waals surface area contributed by atoms with Gasteiger partial charge in [-0.25, -0.2) is 13.2 Å². The van der Waals surface area contributed by atoms with Crippen LogP contribution in [0.2, 0.25) is 0 Å². The summed E-state index contributed by atoms with van der Waals surface area (Å²) in [5.41, 5.74) is 1.02. The number of rotatable bonds is 4. The first-order valence-corrected chi connectivity index (χ1v) is 9.95. The molecule has 26 heavy (non-hydrogen) atoms. The molecule has 0 spiro atoms. The summed E-state index contributed by atoms with van der Waals surface area (Å²) in [5.74, 6) is -0.934. The number of aromatic nitrogens is 1. The van der Waals surface area contributed by atoms with Gasteiger partial charge in [-0.2, -0.15) is 4.31 Å². The lowest BCUT2D eigenvalue weighted by Gasteiger charge is -2.33. The van der Waals surface area contributed by atoms with Crippen LogP contribution in [0.1, 0.15) is 10.4 Å². The van der Waals surface area contributed by atoms with Gasteiger partial charge in [0.15, 0.2) is 6.61 Å². The highest BCUT2D eigenvalue weighted by atomic mass is 32.2. The number of carbonyl (C=O) groups excluding carboxylic acids is 2. The van der Waals surface area contributed by atoms with Crippen LogP contribution in [0, 0.1) is 0 Å². The van der Waals surface area contributed by atoms with Gasteiger partial charge in [-0.1, -0.05) is 12.1 Å². The van der Waals surface area contributed by atoms with E-state index in [0.29, 0.717) is 16.5 Å². The van der Waals surface area contributed by atoms with E-state index < -0.39 is 16.0 Å². The van der Waals surface area contributed by atoms with Gasteiger partial charge in [-0.05, 0) is 18.2 Å². The number of sulfonamides is 1. The Morgan fingerprint density at radius 3 is 2.54 bits per heavy atom. The molecule has 0 atom stereocenters. The summed E-state index contributed by atoms with van der Waals surface area (Å²) >= 11 is 0. The van der Waals surface area contributed by atoms with Crippen LogP contribution in [0.3, 0.4) is 0 Å². The van der Waals surface area contributed by atoms with Crippen molar-refractivity contribution in [3.63, 3.8) is 0 Å². The Kier molecular flexibility index (Phi) is 5.19. The number of nitrogens with zero attached hydrogens (tertiary/aromatic N) is 3. The predicted molar refractivity (Wildman–Crippen MR) is 95.0 cm³/mol. The number of pyridine rings is 1. The number of amides is 1. The largest absolute Gasteiger partial charge is 0.452 e. The molecule has 0 aliphatic carbocycles. The number of fused-ring (bicyclic) bond motifs is 1. The zero-order valence-corrected chi connectivity index (χ0v) is 15.1. The Morgan fingerprint density at radius 1 is 1.12 bits per heavy atom. The van der Waals surface area contributed by atoms with Gasteiger partial charge >= 0.3 is 5.97 Å². The van der Waals surface area contributed by atoms with Crippen molar-refractivity contribution in [1.82, 2.24) is 14.2 Å². The molecule has 9 heteroatoms. The third-order valence-corrected chi connectivity index (χ3v) is 5.56. The van der Waals surface area contributed by atoms with Crippen LogP contribution in [0.15, 0.2) is 36.5 Å². The zero-order chi connectivity index (χ0) is 18.7. The fourth-order valence-corrected chi connectivity index (χ4v) is 3.67. The summed E-state index contributed by atoms with van der Waals surface area (Å²) in [4.78, 5) is 30.2. The maximum atomic E-state index is 12.3. The summed E-state index contributed by atoms with van der Waals surface area (Å²) in [5, 5.41) is 0.661. The fraction of sp³-hybridized carbons (Fsp3) is 0.353. The van der Waals surface area contributed by atoms with E-state index in [0.717, 1.165) is 6.26 Å². The van der Waals surface area contributed by atoms with E-state index in [2.05, 4.69) is 4.98 Å². The average molecular weight is 377 g/mol. The van der Waals surface area contributed by atoms with Crippen molar-refractivity contribution in [3.8, 4) is 0 Å². The minimum atomic E-state index is -3.25. The quantitative estimate of drug-likeness (QED) is 0.720. The Labute approximate surface area is 151 Å². The predicted octanol–water partition coefficient (Wildman–Crippen LogP) is 0.495. The summed E-state index contributed by atoms with van der Waals surface area (Å²) in [7, 11) is -3.25. The van der Waals surface area contributed by atoms with E-state index in [4.69, 9.17) is 4.74 Å². The van der Waals surface area contributed by atoms with Gasteiger partial charge in [-0.3, -0.25) is 9.78 Å². The van der Waals surface area contributed by atoms with Gasteiger partial charge in [0, 0.05) is 37.8 Å². The Morgan fingerprint density at radius 2 is 1.85 bits per heavy atom. The van der Waals surface area contributed by atoms with E-state index in [1.165, 1.54) is 9.21 Å². The Balaban J connectivity index is 1.59. The van der Waals surface area contributed by atoms with Gasteiger partial charge in [0.25, 0.3) is 5.91 Å². The molecule has 1 saturated heterocycles. The maximum Gasteiger partial charge on any atom is 0.339 e. The number of piperazine rings is 1. The average Bonchev–Trinajstić information content (AvgIpc) is 2.64. The van der Waals surface area contributed by atoms with Crippen molar-refractivity contribution < 1.29 is 22.7 Å². The molecule has 2 aromatic rings. The van der Waals surface area contributed by atoms with E-state index in [-0.39, 0.29) is 38.7 Å². The van der Waals surface area contributed by atoms with Crippen LogP contribution in [-0.4, -0.2) is 73.5 Å². The van der Waals surface area contributed by atoms with Gasteiger partial charge in [0.2, 0.25) is 10.0 Å². The Hall–Kier alpha value is -2.52.